The molecule has 2 amide bonds. The normalized spacial score (nSPS) is 22.3. The largest absolute Gasteiger partial charge is 0.403 e. The molecule has 0 unspecified atom stereocenters. The van der Waals surface area contributed by atoms with Crippen molar-refractivity contribution in [1.82, 2.24) is 15.1 Å². The number of nitrogens with two attached hydrogens (primary N) is 2. The second-order valence-electron chi connectivity index (χ2n) is 6.64. The molecule has 3 heterocycles. The lowest BCUT2D eigenvalue weighted by atomic mass is 10.1. The van der Waals surface area contributed by atoms with E-state index in [0.717, 1.165) is 39.0 Å². The fraction of sp³-hybridized carbons (Fsp3) is 0.444. The monoisotopic (exact) mass is 358 g/mol. The van der Waals surface area contributed by atoms with Gasteiger partial charge in [-0.05, 0) is 37.1 Å². The van der Waals surface area contributed by atoms with E-state index < -0.39 is 0 Å². The van der Waals surface area contributed by atoms with Gasteiger partial charge in [-0.3, -0.25) is 14.6 Å². The van der Waals surface area contributed by atoms with Crippen LogP contribution in [-0.4, -0.2) is 60.4 Å². The van der Waals surface area contributed by atoms with Crippen LogP contribution in [0.4, 0.5) is 5.69 Å². The van der Waals surface area contributed by atoms with Gasteiger partial charge in [-0.15, -0.1) is 0 Å². The van der Waals surface area contributed by atoms with E-state index in [4.69, 9.17) is 11.6 Å². The molecule has 0 radical (unpaired) electrons. The summed E-state index contributed by atoms with van der Waals surface area (Å²) >= 11 is 0. The van der Waals surface area contributed by atoms with Gasteiger partial charge < -0.3 is 20.9 Å². The highest BCUT2D eigenvalue weighted by Crippen LogP contribution is 2.20. The topological polar surface area (TPSA) is 108 Å². The summed E-state index contributed by atoms with van der Waals surface area (Å²) in [7, 11) is 0. The molecule has 140 valence electrons. The lowest BCUT2D eigenvalue weighted by molar-refractivity contribution is -0.132. The van der Waals surface area contributed by atoms with Crippen LogP contribution in [-0.2, 0) is 4.79 Å². The highest BCUT2D eigenvalue weighted by Gasteiger charge is 2.31. The number of carbonyl (C=O) groups excluding carboxylic acids is 2. The number of carbonyl (C=O) groups is 2. The zero-order valence-corrected chi connectivity index (χ0v) is 14.8. The highest BCUT2D eigenvalue weighted by molar-refractivity contribution is 5.96. The number of anilines is 1. The molecule has 1 aromatic carbocycles. The molecule has 0 aliphatic carbocycles. The summed E-state index contributed by atoms with van der Waals surface area (Å²) in [5.41, 5.74) is 6.49. The van der Waals surface area contributed by atoms with Gasteiger partial charge in [0.25, 0.3) is 5.91 Å². The third kappa shape index (κ3) is 4.14. The van der Waals surface area contributed by atoms with Crippen molar-refractivity contribution in [3.05, 3.63) is 42.2 Å². The zero-order chi connectivity index (χ0) is 18.5. The number of rotatable bonds is 5. The average Bonchev–Trinajstić information content (AvgIpc) is 3.00. The standard InChI is InChI=1S/C18H26N6O2/c19-7-10-24(20)16-3-1-14(2-4-16)18(26)21-13-17(25)23-12-11-22-8-5-15(23)6-9-22/h1-4,7,10,15H,5-6,8-9,11-13,19-20H2,(H,21,26)/b10-7-. The first-order valence-electron chi connectivity index (χ1n) is 8.91. The smallest absolute Gasteiger partial charge is 0.251 e. The number of piperidine rings is 1. The first kappa shape index (κ1) is 18.2. The van der Waals surface area contributed by atoms with Crippen LogP contribution in [0.3, 0.4) is 0 Å². The fourth-order valence-corrected chi connectivity index (χ4v) is 3.54. The Hall–Kier alpha value is -2.58. The summed E-state index contributed by atoms with van der Waals surface area (Å²) in [6.07, 6.45) is 4.89. The van der Waals surface area contributed by atoms with Gasteiger partial charge in [-0.25, -0.2) is 5.84 Å². The van der Waals surface area contributed by atoms with E-state index in [2.05, 4.69) is 10.2 Å². The van der Waals surface area contributed by atoms with E-state index >= 15 is 0 Å². The molecule has 8 nitrogen and oxygen atoms in total. The molecular weight excluding hydrogens is 332 g/mol. The van der Waals surface area contributed by atoms with E-state index in [-0.39, 0.29) is 18.4 Å². The van der Waals surface area contributed by atoms with Crippen LogP contribution in [0.15, 0.2) is 36.7 Å². The van der Waals surface area contributed by atoms with E-state index in [1.54, 1.807) is 24.3 Å². The van der Waals surface area contributed by atoms with Gasteiger partial charge in [0.1, 0.15) is 0 Å². The third-order valence-corrected chi connectivity index (χ3v) is 5.05. The minimum atomic E-state index is -0.272. The molecule has 5 N–H and O–H groups in total. The van der Waals surface area contributed by atoms with Gasteiger partial charge in [-0.1, -0.05) is 0 Å². The van der Waals surface area contributed by atoms with Gasteiger partial charge in [0.05, 0.1) is 12.2 Å². The maximum atomic E-state index is 12.5. The Morgan fingerprint density at radius 2 is 1.85 bits per heavy atom. The molecule has 0 atom stereocenters. The SMILES string of the molecule is N/C=C\N(N)c1ccc(C(=O)NCC(=O)N2CCN3CCC2CC3)cc1. The number of nitrogens with zero attached hydrogens (tertiary/aromatic N) is 3. The van der Waals surface area contributed by atoms with Crippen molar-refractivity contribution in [1.29, 1.82) is 0 Å². The highest BCUT2D eigenvalue weighted by atomic mass is 16.2. The van der Waals surface area contributed by atoms with Crippen LogP contribution in [0, 0.1) is 0 Å². The Kier molecular flexibility index (Phi) is 5.75. The van der Waals surface area contributed by atoms with E-state index in [1.165, 1.54) is 17.4 Å². The minimum absolute atomic E-state index is 0.00932. The number of hydrogen-bond acceptors (Lipinski definition) is 6. The summed E-state index contributed by atoms with van der Waals surface area (Å²) in [5.74, 6) is 5.49. The second kappa shape index (κ2) is 8.20. The number of amides is 2. The van der Waals surface area contributed by atoms with Crippen molar-refractivity contribution < 1.29 is 9.59 Å². The van der Waals surface area contributed by atoms with Crippen LogP contribution in [0.25, 0.3) is 0 Å². The summed E-state index contributed by atoms with van der Waals surface area (Å²) < 4.78 is 0. The molecule has 0 aromatic heterocycles. The average molecular weight is 358 g/mol. The second-order valence-corrected chi connectivity index (χ2v) is 6.64. The van der Waals surface area contributed by atoms with Crippen molar-refractivity contribution in [2.45, 2.75) is 18.9 Å². The summed E-state index contributed by atoms with van der Waals surface area (Å²) in [6, 6.07) is 7.08. The Balaban J connectivity index is 1.54. The Bertz CT molecular complexity index is 667. The molecule has 3 aliphatic rings. The molecule has 0 spiro atoms. The first-order chi connectivity index (χ1) is 12.6. The van der Waals surface area contributed by atoms with Gasteiger partial charge in [0, 0.05) is 50.2 Å². The molecular formula is C18H26N6O2. The van der Waals surface area contributed by atoms with Crippen molar-refractivity contribution in [2.24, 2.45) is 11.6 Å². The number of hydrazine groups is 1. The zero-order valence-electron chi connectivity index (χ0n) is 14.8. The molecule has 3 saturated heterocycles. The maximum Gasteiger partial charge on any atom is 0.251 e. The maximum absolute atomic E-state index is 12.5. The molecule has 0 saturated carbocycles. The third-order valence-electron chi connectivity index (χ3n) is 5.05. The van der Waals surface area contributed by atoms with Gasteiger partial charge >= 0.3 is 0 Å². The Morgan fingerprint density at radius 3 is 2.50 bits per heavy atom. The van der Waals surface area contributed by atoms with E-state index in [9.17, 15) is 9.59 Å². The molecule has 1 aromatic rings. The predicted octanol–water partition coefficient (Wildman–Crippen LogP) is -0.167. The summed E-state index contributed by atoms with van der Waals surface area (Å²) in [6.45, 7) is 3.81. The number of benzene rings is 1. The molecule has 3 fully saturated rings. The summed E-state index contributed by atoms with van der Waals surface area (Å²) in [5, 5.41) is 4.08. The van der Waals surface area contributed by atoms with E-state index in [0.29, 0.717) is 17.3 Å². The number of fused-ring (bicyclic) bond motifs is 4. The van der Waals surface area contributed by atoms with Crippen LogP contribution in [0.5, 0.6) is 0 Å². The lowest BCUT2D eigenvalue weighted by Gasteiger charge is -2.31. The van der Waals surface area contributed by atoms with Gasteiger partial charge in [0.2, 0.25) is 5.91 Å². The fourth-order valence-electron chi connectivity index (χ4n) is 3.54. The van der Waals surface area contributed by atoms with Crippen LogP contribution in [0.1, 0.15) is 23.2 Å². The van der Waals surface area contributed by atoms with E-state index in [1.807, 2.05) is 4.90 Å². The number of hydrogen-bond donors (Lipinski definition) is 3. The van der Waals surface area contributed by atoms with Crippen LogP contribution >= 0.6 is 0 Å². The minimum Gasteiger partial charge on any atom is -0.403 e. The molecule has 26 heavy (non-hydrogen) atoms. The first-order valence-corrected chi connectivity index (χ1v) is 8.91. The van der Waals surface area contributed by atoms with Crippen molar-refractivity contribution in [3.63, 3.8) is 0 Å². The number of nitrogens with one attached hydrogen (secondary N) is 1. The van der Waals surface area contributed by atoms with Crippen molar-refractivity contribution in [2.75, 3.05) is 37.7 Å². The quantitative estimate of drug-likeness (QED) is 0.498. The Morgan fingerprint density at radius 1 is 1.15 bits per heavy atom. The van der Waals surface area contributed by atoms with Crippen molar-refractivity contribution >= 4 is 17.5 Å². The molecule has 2 bridgehead atoms. The van der Waals surface area contributed by atoms with Gasteiger partial charge in [-0.2, -0.15) is 0 Å². The van der Waals surface area contributed by atoms with Crippen molar-refractivity contribution in [3.8, 4) is 0 Å². The summed E-state index contributed by atoms with van der Waals surface area (Å²) in [4.78, 5) is 29.2. The molecule has 3 aliphatic heterocycles. The Labute approximate surface area is 153 Å². The molecule has 8 heteroatoms. The molecule has 4 rings (SSSR count). The van der Waals surface area contributed by atoms with Crippen LogP contribution in [0.2, 0.25) is 0 Å². The lowest BCUT2D eigenvalue weighted by Crippen LogP contribution is -2.46. The predicted molar refractivity (Wildman–Crippen MR) is 99.9 cm³/mol. The van der Waals surface area contributed by atoms with Gasteiger partial charge in [0.15, 0.2) is 0 Å². The van der Waals surface area contributed by atoms with Crippen LogP contribution < -0.4 is 21.9 Å².